The Balaban J connectivity index is 2.88. The Morgan fingerprint density at radius 1 is 1.08 bits per heavy atom. The fourth-order valence-electron chi connectivity index (χ4n) is 1.46. The summed E-state index contributed by atoms with van der Waals surface area (Å²) >= 11 is 0. The van der Waals surface area contributed by atoms with Crippen LogP contribution in [0.4, 0.5) is 0 Å². The molecule has 2 N–H and O–H groups in total. The summed E-state index contributed by atoms with van der Waals surface area (Å²) in [4.78, 5) is 4.57. The average molecular weight is 179 g/mol. The van der Waals surface area contributed by atoms with Crippen molar-refractivity contribution in [3.63, 3.8) is 0 Å². The third-order valence-corrected chi connectivity index (χ3v) is 2.44. The van der Waals surface area contributed by atoms with Crippen molar-refractivity contribution in [2.45, 2.75) is 27.2 Å². The monoisotopic (exact) mass is 179 g/mol. The van der Waals surface area contributed by atoms with E-state index in [1.807, 2.05) is 0 Å². The van der Waals surface area contributed by atoms with Crippen LogP contribution >= 0.6 is 0 Å². The van der Waals surface area contributed by atoms with Crippen LogP contribution in [0.5, 0.6) is 0 Å². The number of hydrogen-bond donors (Lipinski definition) is 1. The molecule has 0 bridgehead atoms. The van der Waals surface area contributed by atoms with Crippen molar-refractivity contribution >= 4 is 0 Å². The largest absolute Gasteiger partial charge is 0.304 e. The second-order valence-electron chi connectivity index (χ2n) is 3.48. The highest BCUT2D eigenvalue weighted by molar-refractivity contribution is 5.36. The van der Waals surface area contributed by atoms with E-state index in [0.29, 0.717) is 6.61 Å². The van der Waals surface area contributed by atoms with Crippen LogP contribution < -0.4 is 5.90 Å². The normalized spacial score (nSPS) is 10.5. The highest BCUT2D eigenvalue weighted by Gasteiger charge is 2.01. The van der Waals surface area contributed by atoms with Gasteiger partial charge in [0.25, 0.3) is 0 Å². The van der Waals surface area contributed by atoms with E-state index in [1.165, 1.54) is 22.3 Å². The Labute approximate surface area is 79.7 Å². The smallest absolute Gasteiger partial charge is 0.0719 e. The first-order valence-electron chi connectivity index (χ1n) is 4.53. The third kappa shape index (κ3) is 2.54. The summed E-state index contributed by atoms with van der Waals surface area (Å²) in [5.41, 5.74) is 5.32. The van der Waals surface area contributed by atoms with Gasteiger partial charge in [-0.3, -0.25) is 0 Å². The minimum Gasteiger partial charge on any atom is -0.304 e. The Morgan fingerprint density at radius 3 is 2.31 bits per heavy atom. The molecule has 13 heavy (non-hydrogen) atoms. The fraction of sp³-hybridized carbons (Fsp3) is 0.455. The molecule has 1 aromatic carbocycles. The van der Waals surface area contributed by atoms with Crippen LogP contribution in [0.3, 0.4) is 0 Å². The first kappa shape index (κ1) is 10.2. The molecule has 0 aliphatic heterocycles. The van der Waals surface area contributed by atoms with Gasteiger partial charge in [-0.15, -0.1) is 0 Å². The zero-order valence-corrected chi connectivity index (χ0v) is 8.55. The highest BCUT2D eigenvalue weighted by Crippen LogP contribution is 2.15. The van der Waals surface area contributed by atoms with Crippen LogP contribution in [0.2, 0.25) is 0 Å². The molecule has 72 valence electrons. The van der Waals surface area contributed by atoms with Gasteiger partial charge in [0, 0.05) is 0 Å². The molecule has 0 aliphatic carbocycles. The maximum absolute atomic E-state index is 4.99. The van der Waals surface area contributed by atoms with E-state index in [4.69, 9.17) is 5.90 Å². The van der Waals surface area contributed by atoms with E-state index < -0.39 is 0 Å². The van der Waals surface area contributed by atoms with Crippen molar-refractivity contribution in [1.82, 2.24) is 0 Å². The van der Waals surface area contributed by atoms with Gasteiger partial charge in [-0.05, 0) is 49.4 Å². The molecule has 2 heteroatoms. The van der Waals surface area contributed by atoms with Gasteiger partial charge in [-0.1, -0.05) is 12.1 Å². The first-order valence-corrected chi connectivity index (χ1v) is 4.53. The van der Waals surface area contributed by atoms with Crippen molar-refractivity contribution < 1.29 is 4.84 Å². The summed E-state index contributed by atoms with van der Waals surface area (Å²) in [7, 11) is 0. The van der Waals surface area contributed by atoms with Gasteiger partial charge in [-0.25, -0.2) is 5.90 Å². The Kier molecular flexibility index (Phi) is 3.46. The average Bonchev–Trinajstić information content (AvgIpc) is 2.09. The fourth-order valence-corrected chi connectivity index (χ4v) is 1.46. The van der Waals surface area contributed by atoms with Gasteiger partial charge in [0.15, 0.2) is 0 Å². The van der Waals surface area contributed by atoms with Crippen molar-refractivity contribution in [2.24, 2.45) is 5.90 Å². The Hall–Kier alpha value is -0.860. The van der Waals surface area contributed by atoms with E-state index in [2.05, 4.69) is 37.7 Å². The van der Waals surface area contributed by atoms with Gasteiger partial charge in [0.1, 0.15) is 0 Å². The number of nitrogens with two attached hydrogens (primary N) is 1. The quantitative estimate of drug-likeness (QED) is 0.721. The molecule has 0 amide bonds. The minimum absolute atomic E-state index is 0.587. The lowest BCUT2D eigenvalue weighted by molar-refractivity contribution is 0.141. The second kappa shape index (κ2) is 4.40. The van der Waals surface area contributed by atoms with E-state index in [0.717, 1.165) is 6.42 Å². The standard InChI is InChI=1S/C11H17NO/c1-8-6-10(3)11(4-5-13-12)7-9(8)2/h6-7H,4-5,12H2,1-3H3. The minimum atomic E-state index is 0.587. The summed E-state index contributed by atoms with van der Waals surface area (Å²) in [6.07, 6.45) is 0.892. The predicted molar refractivity (Wildman–Crippen MR) is 54.5 cm³/mol. The molecular weight excluding hydrogens is 162 g/mol. The maximum atomic E-state index is 4.99. The van der Waals surface area contributed by atoms with Gasteiger partial charge >= 0.3 is 0 Å². The van der Waals surface area contributed by atoms with Crippen LogP contribution in [0, 0.1) is 20.8 Å². The lowest BCUT2D eigenvalue weighted by Crippen LogP contribution is -2.05. The van der Waals surface area contributed by atoms with E-state index >= 15 is 0 Å². The SMILES string of the molecule is Cc1cc(C)c(CCON)cc1C. The van der Waals surface area contributed by atoms with Crippen LogP contribution in [0.15, 0.2) is 12.1 Å². The summed E-state index contributed by atoms with van der Waals surface area (Å²) in [5, 5.41) is 0. The van der Waals surface area contributed by atoms with Gasteiger partial charge in [0.2, 0.25) is 0 Å². The van der Waals surface area contributed by atoms with E-state index in [-0.39, 0.29) is 0 Å². The van der Waals surface area contributed by atoms with Crippen LogP contribution in [0.25, 0.3) is 0 Å². The molecular formula is C11H17NO. The van der Waals surface area contributed by atoms with Crippen molar-refractivity contribution in [3.8, 4) is 0 Å². The van der Waals surface area contributed by atoms with Gasteiger partial charge < -0.3 is 4.84 Å². The topological polar surface area (TPSA) is 35.2 Å². The zero-order chi connectivity index (χ0) is 9.84. The molecule has 0 unspecified atom stereocenters. The lowest BCUT2D eigenvalue weighted by atomic mass is 9.99. The van der Waals surface area contributed by atoms with E-state index in [9.17, 15) is 0 Å². The van der Waals surface area contributed by atoms with Crippen LogP contribution in [0.1, 0.15) is 22.3 Å². The Bertz CT molecular complexity index is 294. The molecule has 0 atom stereocenters. The Morgan fingerprint density at radius 2 is 1.69 bits per heavy atom. The zero-order valence-electron chi connectivity index (χ0n) is 8.55. The van der Waals surface area contributed by atoms with E-state index in [1.54, 1.807) is 0 Å². The summed E-state index contributed by atoms with van der Waals surface area (Å²) < 4.78 is 0. The van der Waals surface area contributed by atoms with Gasteiger partial charge in [-0.2, -0.15) is 0 Å². The molecule has 0 aromatic heterocycles. The van der Waals surface area contributed by atoms with Crippen molar-refractivity contribution in [3.05, 3.63) is 34.4 Å². The number of benzene rings is 1. The molecule has 0 saturated carbocycles. The molecule has 0 saturated heterocycles. The lowest BCUT2D eigenvalue weighted by Gasteiger charge is -2.08. The first-order chi connectivity index (χ1) is 6.15. The molecule has 1 aromatic rings. The molecule has 0 aliphatic rings. The second-order valence-corrected chi connectivity index (χ2v) is 3.48. The third-order valence-electron chi connectivity index (χ3n) is 2.44. The van der Waals surface area contributed by atoms with Crippen LogP contribution in [-0.4, -0.2) is 6.61 Å². The summed E-state index contributed by atoms with van der Waals surface area (Å²) in [5.74, 6) is 4.99. The molecule has 1 rings (SSSR count). The molecule has 0 spiro atoms. The predicted octanol–water partition coefficient (Wildman–Crippen LogP) is 2.04. The van der Waals surface area contributed by atoms with Gasteiger partial charge in [0.05, 0.1) is 6.61 Å². The van der Waals surface area contributed by atoms with Crippen LogP contribution in [-0.2, 0) is 11.3 Å². The highest BCUT2D eigenvalue weighted by atomic mass is 16.6. The number of aryl methyl sites for hydroxylation is 3. The molecule has 2 nitrogen and oxygen atoms in total. The molecule has 0 radical (unpaired) electrons. The van der Waals surface area contributed by atoms with Crippen molar-refractivity contribution in [1.29, 1.82) is 0 Å². The van der Waals surface area contributed by atoms with Crippen molar-refractivity contribution in [2.75, 3.05) is 6.61 Å². The molecule has 0 fully saturated rings. The summed E-state index contributed by atoms with van der Waals surface area (Å²) in [6.45, 7) is 6.97. The molecule has 0 heterocycles. The summed E-state index contributed by atoms with van der Waals surface area (Å²) in [6, 6.07) is 4.42. The number of hydrogen-bond acceptors (Lipinski definition) is 2. The maximum Gasteiger partial charge on any atom is 0.0719 e. The number of rotatable bonds is 3.